The molecule has 0 spiro atoms. The van der Waals surface area contributed by atoms with Gasteiger partial charge in [0.05, 0.1) is 29.5 Å². The Bertz CT molecular complexity index is 747. The molecule has 8 heteroatoms. The summed E-state index contributed by atoms with van der Waals surface area (Å²) >= 11 is 1.67. The third kappa shape index (κ3) is 8.88. The Morgan fingerprint density at radius 1 is 1.17 bits per heavy atom. The maximum atomic E-state index is 10.5. The average molecular weight is 532 g/mol. The maximum absolute atomic E-state index is 10.5. The number of hydrogen-bond donors (Lipinski definition) is 3. The number of ether oxygens (including phenoxy) is 1. The maximum Gasteiger partial charge on any atom is 0.191 e. The second kappa shape index (κ2) is 13.0. The van der Waals surface area contributed by atoms with Crippen LogP contribution in [0.4, 0.5) is 0 Å². The number of aliphatic imine (C=N–C) groups is 1. The van der Waals surface area contributed by atoms with E-state index in [4.69, 9.17) is 4.74 Å². The van der Waals surface area contributed by atoms with Crippen LogP contribution in [0.5, 0.6) is 5.75 Å². The summed E-state index contributed by atoms with van der Waals surface area (Å²) in [5, 5.41) is 20.0. The number of aliphatic hydroxyl groups excluding tert-OH is 1. The van der Waals surface area contributed by atoms with Crippen molar-refractivity contribution in [3.63, 3.8) is 0 Å². The Morgan fingerprint density at radius 3 is 2.41 bits per heavy atom. The molecule has 0 saturated heterocycles. The van der Waals surface area contributed by atoms with Crippen LogP contribution in [-0.2, 0) is 6.54 Å². The van der Waals surface area contributed by atoms with Crippen LogP contribution in [0.3, 0.4) is 0 Å². The van der Waals surface area contributed by atoms with Crippen molar-refractivity contribution < 1.29 is 9.84 Å². The van der Waals surface area contributed by atoms with Crippen LogP contribution in [-0.4, -0.2) is 35.2 Å². The van der Waals surface area contributed by atoms with E-state index in [1.807, 2.05) is 45.0 Å². The molecule has 1 heterocycles. The van der Waals surface area contributed by atoms with Gasteiger partial charge in [-0.15, -0.1) is 35.3 Å². The quantitative estimate of drug-likeness (QED) is 0.253. The van der Waals surface area contributed by atoms with E-state index in [0.29, 0.717) is 25.0 Å². The van der Waals surface area contributed by atoms with Gasteiger partial charge in [0.25, 0.3) is 0 Å². The van der Waals surface area contributed by atoms with Crippen LogP contribution in [0, 0.1) is 0 Å². The zero-order valence-corrected chi connectivity index (χ0v) is 21.0. The van der Waals surface area contributed by atoms with Crippen molar-refractivity contribution in [3.05, 3.63) is 45.9 Å². The summed E-state index contributed by atoms with van der Waals surface area (Å²) in [5.41, 5.74) is 1.80. The standard InChI is InChI=1S/C21H32N4O2S.HI/c1-6-22-21(23-11-17-13-28-20(25-17)14(2)3)24-12-19(26)16-7-9-18(10-8-16)27-15(4)5;/h7-10,13-15,19,26H,6,11-12H2,1-5H3,(H2,22,23,24);1H. The number of nitrogens with one attached hydrogen (secondary N) is 2. The Kier molecular flexibility index (Phi) is 11.5. The van der Waals surface area contributed by atoms with Crippen LogP contribution in [0.2, 0.25) is 0 Å². The molecule has 0 amide bonds. The largest absolute Gasteiger partial charge is 0.491 e. The number of aromatic nitrogens is 1. The number of rotatable bonds is 9. The van der Waals surface area contributed by atoms with Crippen molar-refractivity contribution in [2.75, 3.05) is 13.1 Å². The number of nitrogens with zero attached hydrogens (tertiary/aromatic N) is 2. The molecule has 0 fully saturated rings. The van der Waals surface area contributed by atoms with Gasteiger partial charge in [-0.1, -0.05) is 26.0 Å². The van der Waals surface area contributed by atoms with Gasteiger partial charge >= 0.3 is 0 Å². The molecule has 1 atom stereocenters. The predicted octanol–water partition coefficient (Wildman–Crippen LogP) is 4.46. The van der Waals surface area contributed by atoms with Crippen molar-refractivity contribution in [2.45, 2.75) is 59.3 Å². The zero-order valence-electron chi connectivity index (χ0n) is 17.8. The first kappa shape index (κ1) is 25.6. The fourth-order valence-corrected chi connectivity index (χ4v) is 3.34. The molecule has 3 N–H and O–H groups in total. The molecule has 1 unspecified atom stereocenters. The molecule has 0 aliphatic carbocycles. The summed E-state index contributed by atoms with van der Waals surface area (Å²) in [6, 6.07) is 7.53. The van der Waals surface area contributed by atoms with Crippen molar-refractivity contribution in [1.82, 2.24) is 15.6 Å². The Balaban J connectivity index is 0.00000420. The lowest BCUT2D eigenvalue weighted by Gasteiger charge is -2.16. The fraction of sp³-hybridized carbons (Fsp3) is 0.524. The van der Waals surface area contributed by atoms with Crippen molar-refractivity contribution in [3.8, 4) is 5.75 Å². The smallest absolute Gasteiger partial charge is 0.191 e. The lowest BCUT2D eigenvalue weighted by atomic mass is 10.1. The molecule has 0 bridgehead atoms. The van der Waals surface area contributed by atoms with Crippen LogP contribution in [0.15, 0.2) is 34.6 Å². The van der Waals surface area contributed by atoms with Crippen LogP contribution < -0.4 is 15.4 Å². The predicted molar refractivity (Wildman–Crippen MR) is 132 cm³/mol. The SMILES string of the molecule is CCNC(=NCc1csc(C(C)C)n1)NCC(O)c1ccc(OC(C)C)cc1.I. The Hall–Kier alpha value is -1.39. The number of aliphatic hydroxyl groups is 1. The third-order valence-electron chi connectivity index (χ3n) is 3.91. The summed E-state index contributed by atoms with van der Waals surface area (Å²) < 4.78 is 5.64. The van der Waals surface area contributed by atoms with Gasteiger partial charge in [0, 0.05) is 24.4 Å². The van der Waals surface area contributed by atoms with Gasteiger partial charge in [0.15, 0.2) is 5.96 Å². The van der Waals surface area contributed by atoms with Crippen molar-refractivity contribution in [1.29, 1.82) is 0 Å². The lowest BCUT2D eigenvalue weighted by Crippen LogP contribution is -2.39. The van der Waals surface area contributed by atoms with Crippen LogP contribution in [0.25, 0.3) is 0 Å². The summed E-state index contributed by atoms with van der Waals surface area (Å²) in [6.45, 7) is 11.9. The van der Waals surface area contributed by atoms with E-state index in [1.54, 1.807) is 11.3 Å². The summed E-state index contributed by atoms with van der Waals surface area (Å²) in [7, 11) is 0. The van der Waals surface area contributed by atoms with Gasteiger partial charge in [-0.25, -0.2) is 9.98 Å². The Morgan fingerprint density at radius 2 is 1.86 bits per heavy atom. The summed E-state index contributed by atoms with van der Waals surface area (Å²) in [6.07, 6.45) is -0.505. The molecule has 0 saturated carbocycles. The fourth-order valence-electron chi connectivity index (χ4n) is 2.51. The molecule has 162 valence electrons. The van der Waals surface area contributed by atoms with E-state index in [0.717, 1.165) is 28.6 Å². The minimum atomic E-state index is -0.635. The molecular weight excluding hydrogens is 499 g/mol. The minimum Gasteiger partial charge on any atom is -0.491 e. The van der Waals surface area contributed by atoms with Gasteiger partial charge in [0.1, 0.15) is 5.75 Å². The number of thiazole rings is 1. The molecule has 1 aromatic heterocycles. The zero-order chi connectivity index (χ0) is 20.5. The molecule has 1 aromatic carbocycles. The molecule has 6 nitrogen and oxygen atoms in total. The first-order chi connectivity index (χ1) is 13.4. The van der Waals surface area contributed by atoms with E-state index in [9.17, 15) is 5.11 Å². The van der Waals surface area contributed by atoms with Gasteiger partial charge < -0.3 is 20.5 Å². The highest BCUT2D eigenvalue weighted by Crippen LogP contribution is 2.20. The van der Waals surface area contributed by atoms with Crippen molar-refractivity contribution in [2.24, 2.45) is 4.99 Å². The highest BCUT2D eigenvalue weighted by molar-refractivity contribution is 14.0. The van der Waals surface area contributed by atoms with E-state index < -0.39 is 6.10 Å². The van der Waals surface area contributed by atoms with Crippen LogP contribution >= 0.6 is 35.3 Å². The molecular formula is C21H33IN4O2S. The highest BCUT2D eigenvalue weighted by Gasteiger charge is 2.10. The molecule has 0 aliphatic rings. The molecule has 2 aromatic rings. The lowest BCUT2D eigenvalue weighted by molar-refractivity contribution is 0.180. The van der Waals surface area contributed by atoms with Crippen molar-refractivity contribution >= 4 is 41.3 Å². The number of hydrogen-bond acceptors (Lipinski definition) is 5. The molecule has 0 radical (unpaired) electrons. The number of halogens is 1. The third-order valence-corrected chi connectivity index (χ3v) is 5.10. The van der Waals surface area contributed by atoms with Crippen LogP contribution in [0.1, 0.15) is 62.9 Å². The molecule has 29 heavy (non-hydrogen) atoms. The first-order valence-corrected chi connectivity index (χ1v) is 10.7. The summed E-state index contributed by atoms with van der Waals surface area (Å²) in [5.74, 6) is 1.90. The number of benzene rings is 1. The van der Waals surface area contributed by atoms with Gasteiger partial charge in [0.2, 0.25) is 0 Å². The Labute approximate surface area is 195 Å². The second-order valence-corrected chi connectivity index (χ2v) is 8.05. The molecule has 2 rings (SSSR count). The van der Waals surface area contributed by atoms with E-state index in [-0.39, 0.29) is 30.1 Å². The number of guanidine groups is 1. The van der Waals surface area contributed by atoms with Gasteiger partial charge in [-0.2, -0.15) is 0 Å². The summed E-state index contributed by atoms with van der Waals surface area (Å²) in [4.78, 5) is 9.18. The van der Waals surface area contributed by atoms with E-state index >= 15 is 0 Å². The second-order valence-electron chi connectivity index (χ2n) is 7.16. The molecule has 0 aliphatic heterocycles. The monoisotopic (exact) mass is 532 g/mol. The topological polar surface area (TPSA) is 78.8 Å². The highest BCUT2D eigenvalue weighted by atomic mass is 127. The average Bonchev–Trinajstić information content (AvgIpc) is 3.13. The normalized spacial score (nSPS) is 12.6. The van der Waals surface area contributed by atoms with E-state index in [2.05, 4.69) is 39.8 Å². The minimum absolute atomic E-state index is 0. The van der Waals surface area contributed by atoms with Gasteiger partial charge in [-0.05, 0) is 38.5 Å². The first-order valence-electron chi connectivity index (χ1n) is 9.80. The van der Waals surface area contributed by atoms with Gasteiger partial charge in [-0.3, -0.25) is 0 Å². The van der Waals surface area contributed by atoms with E-state index in [1.165, 1.54) is 0 Å².